The number of aldehydes is 1. The van der Waals surface area contributed by atoms with Crippen molar-refractivity contribution in [2.24, 2.45) is 11.5 Å². The largest absolute Gasteiger partial charge is 0.480 e. The summed E-state index contributed by atoms with van der Waals surface area (Å²) in [7, 11) is 0. The SMILES string of the molecule is NC(=O)CCCCCCCCCCC(=O)NCCNC[C@H](N)C(=O)NCC(=O)NCC[C@@H](NC(=O)CCCC=O)C(=O)O. The monoisotopic (exact) mass is 613 g/mol. The Morgan fingerprint density at radius 2 is 1.28 bits per heavy atom. The van der Waals surface area contributed by atoms with E-state index < -0.39 is 35.8 Å². The molecule has 0 radical (unpaired) electrons. The van der Waals surface area contributed by atoms with E-state index >= 15 is 0 Å². The number of carbonyl (C=O) groups excluding carboxylic acids is 6. The van der Waals surface area contributed by atoms with Gasteiger partial charge in [-0.15, -0.1) is 0 Å². The molecule has 0 rings (SSSR count). The molecule has 5 amide bonds. The van der Waals surface area contributed by atoms with Gasteiger partial charge in [-0.05, 0) is 25.7 Å². The van der Waals surface area contributed by atoms with Crippen molar-refractivity contribution in [3.05, 3.63) is 0 Å². The van der Waals surface area contributed by atoms with Gasteiger partial charge in [-0.3, -0.25) is 24.0 Å². The van der Waals surface area contributed by atoms with Crippen molar-refractivity contribution in [1.29, 1.82) is 0 Å². The predicted octanol–water partition coefficient (Wildman–Crippen LogP) is -1.03. The van der Waals surface area contributed by atoms with Crippen molar-refractivity contribution >= 4 is 41.8 Å². The molecule has 246 valence electrons. The van der Waals surface area contributed by atoms with Gasteiger partial charge in [0.2, 0.25) is 29.5 Å². The minimum absolute atomic E-state index is 0.0233. The highest BCUT2D eigenvalue weighted by molar-refractivity contribution is 5.87. The first-order valence-electron chi connectivity index (χ1n) is 15.1. The van der Waals surface area contributed by atoms with Crippen LogP contribution in [0.4, 0.5) is 0 Å². The molecule has 0 fully saturated rings. The van der Waals surface area contributed by atoms with E-state index in [2.05, 4.69) is 26.6 Å². The number of unbranched alkanes of at least 4 members (excludes halogenated alkanes) is 8. The van der Waals surface area contributed by atoms with Crippen LogP contribution in [0, 0.1) is 0 Å². The summed E-state index contributed by atoms with van der Waals surface area (Å²) >= 11 is 0. The molecule has 0 heterocycles. The lowest BCUT2D eigenvalue weighted by atomic mass is 10.1. The molecule has 0 aliphatic carbocycles. The van der Waals surface area contributed by atoms with Crippen molar-refractivity contribution in [2.75, 3.05) is 32.7 Å². The summed E-state index contributed by atoms with van der Waals surface area (Å²) in [6, 6.07) is -2.12. The number of rotatable bonds is 28. The van der Waals surface area contributed by atoms with Crippen LogP contribution >= 0.6 is 0 Å². The van der Waals surface area contributed by atoms with Crippen LogP contribution in [0.2, 0.25) is 0 Å². The molecule has 10 N–H and O–H groups in total. The maximum atomic E-state index is 12.1. The highest BCUT2D eigenvalue weighted by atomic mass is 16.4. The second-order valence-electron chi connectivity index (χ2n) is 10.3. The van der Waals surface area contributed by atoms with E-state index in [9.17, 15) is 38.7 Å². The van der Waals surface area contributed by atoms with Gasteiger partial charge in [0.1, 0.15) is 12.3 Å². The highest BCUT2D eigenvalue weighted by Crippen LogP contribution is 2.10. The first-order valence-corrected chi connectivity index (χ1v) is 15.1. The predicted molar refractivity (Wildman–Crippen MR) is 159 cm³/mol. The Kier molecular flexibility index (Phi) is 23.9. The molecule has 0 aliphatic heterocycles. The van der Waals surface area contributed by atoms with Crippen molar-refractivity contribution in [3.8, 4) is 0 Å². The first kappa shape index (κ1) is 39.4. The Balaban J connectivity index is 3.84. The van der Waals surface area contributed by atoms with Crippen molar-refractivity contribution < 1.29 is 38.7 Å². The lowest BCUT2D eigenvalue weighted by molar-refractivity contribution is -0.142. The van der Waals surface area contributed by atoms with Crippen molar-refractivity contribution in [3.63, 3.8) is 0 Å². The van der Waals surface area contributed by atoms with Crippen LogP contribution in [-0.2, 0) is 33.6 Å². The number of nitrogens with two attached hydrogens (primary N) is 2. The normalized spacial score (nSPS) is 12.0. The Bertz CT molecular complexity index is 872. The zero-order valence-corrected chi connectivity index (χ0v) is 25.1. The van der Waals surface area contributed by atoms with Crippen LogP contribution in [0.15, 0.2) is 0 Å². The maximum Gasteiger partial charge on any atom is 0.326 e. The van der Waals surface area contributed by atoms with E-state index in [-0.39, 0.29) is 50.7 Å². The summed E-state index contributed by atoms with van der Waals surface area (Å²) in [4.78, 5) is 80.1. The average Bonchev–Trinajstić information content (AvgIpc) is 2.95. The molecule has 43 heavy (non-hydrogen) atoms. The number of hydrogen-bond acceptors (Lipinski definition) is 9. The summed E-state index contributed by atoms with van der Waals surface area (Å²) in [6.45, 7) is 0.549. The van der Waals surface area contributed by atoms with E-state index in [1.807, 2.05) is 0 Å². The van der Waals surface area contributed by atoms with Crippen LogP contribution in [0.3, 0.4) is 0 Å². The number of aliphatic carboxylic acids is 1. The van der Waals surface area contributed by atoms with Crippen LogP contribution in [-0.4, -0.2) is 91.7 Å². The molecule has 0 saturated heterocycles. The molecule has 0 aromatic heterocycles. The molecule has 15 heteroatoms. The fraction of sp³-hybridized carbons (Fsp3) is 0.750. The van der Waals surface area contributed by atoms with Gasteiger partial charge < -0.3 is 48.0 Å². The number of hydrogen-bond donors (Lipinski definition) is 8. The summed E-state index contributed by atoms with van der Waals surface area (Å²) in [5.74, 6) is -3.13. The minimum Gasteiger partial charge on any atom is -0.480 e. The molecular formula is C28H51N7O8. The van der Waals surface area contributed by atoms with Crippen LogP contribution in [0.25, 0.3) is 0 Å². The Labute approximate surface area is 253 Å². The van der Waals surface area contributed by atoms with Crippen LogP contribution in [0.5, 0.6) is 0 Å². The van der Waals surface area contributed by atoms with Gasteiger partial charge in [0.05, 0.1) is 12.6 Å². The second kappa shape index (κ2) is 26.1. The zero-order chi connectivity index (χ0) is 32.3. The average molecular weight is 614 g/mol. The fourth-order valence-corrected chi connectivity index (χ4v) is 3.96. The van der Waals surface area contributed by atoms with E-state index in [4.69, 9.17) is 11.5 Å². The quantitative estimate of drug-likeness (QED) is 0.0393. The maximum absolute atomic E-state index is 12.1. The smallest absolute Gasteiger partial charge is 0.326 e. The molecule has 0 saturated carbocycles. The molecule has 0 bridgehead atoms. The van der Waals surface area contributed by atoms with Gasteiger partial charge in [-0.25, -0.2) is 4.79 Å². The Morgan fingerprint density at radius 3 is 1.88 bits per heavy atom. The molecule has 0 spiro atoms. The minimum atomic E-state index is -1.25. The summed E-state index contributed by atoms with van der Waals surface area (Å²) < 4.78 is 0. The number of carboxylic acid groups (broad SMARTS) is 1. The Hall–Kier alpha value is -3.59. The van der Waals surface area contributed by atoms with Crippen molar-refractivity contribution in [1.82, 2.24) is 26.6 Å². The van der Waals surface area contributed by atoms with Crippen LogP contribution < -0.4 is 38.1 Å². The van der Waals surface area contributed by atoms with Crippen molar-refractivity contribution in [2.45, 2.75) is 102 Å². The number of nitrogens with one attached hydrogen (secondary N) is 5. The lowest BCUT2D eigenvalue weighted by Gasteiger charge is -2.15. The van der Waals surface area contributed by atoms with E-state index in [1.165, 1.54) is 0 Å². The molecule has 0 aliphatic rings. The number of primary amides is 1. The molecule has 0 aromatic carbocycles. The Morgan fingerprint density at radius 1 is 0.698 bits per heavy atom. The van der Waals surface area contributed by atoms with Gasteiger partial charge in [-0.1, -0.05) is 38.5 Å². The molecule has 0 unspecified atom stereocenters. The third-order valence-electron chi connectivity index (χ3n) is 6.44. The van der Waals surface area contributed by atoms with E-state index in [1.54, 1.807) is 0 Å². The fourth-order valence-electron chi connectivity index (χ4n) is 3.96. The highest BCUT2D eigenvalue weighted by Gasteiger charge is 2.20. The van der Waals surface area contributed by atoms with Gasteiger partial charge in [0, 0.05) is 51.9 Å². The summed E-state index contributed by atoms with van der Waals surface area (Å²) in [5.41, 5.74) is 10.9. The molecule has 15 nitrogen and oxygen atoms in total. The van der Waals surface area contributed by atoms with Gasteiger partial charge in [-0.2, -0.15) is 0 Å². The molecule has 2 atom stereocenters. The standard InChI is InChI=1S/C28H51N7O8/c29-21(19-31-16-17-33-24(38)12-8-6-4-2-1-3-5-7-11-23(30)37)27(41)34-20-26(40)32-15-14-22(28(42)43)35-25(39)13-9-10-18-36/h18,21-22,31H,1-17,19-20,29H2,(H2,30,37)(H,32,40)(H,33,38)(H,34,41)(H,35,39)(H,42,43)/t21-,22+/m0/s1. The number of carbonyl (C=O) groups is 7. The number of carboxylic acids is 1. The third kappa shape index (κ3) is 24.7. The number of amides is 5. The first-order chi connectivity index (χ1) is 20.6. The van der Waals surface area contributed by atoms with Crippen LogP contribution in [0.1, 0.15) is 89.9 Å². The van der Waals surface area contributed by atoms with E-state index in [0.29, 0.717) is 38.6 Å². The van der Waals surface area contributed by atoms with E-state index in [0.717, 1.165) is 51.4 Å². The van der Waals surface area contributed by atoms with Gasteiger partial charge >= 0.3 is 5.97 Å². The van der Waals surface area contributed by atoms with Gasteiger partial charge in [0.25, 0.3) is 0 Å². The summed E-state index contributed by atoms with van der Waals surface area (Å²) in [5, 5.41) is 22.2. The topological polar surface area (TPSA) is 252 Å². The lowest BCUT2D eigenvalue weighted by Crippen LogP contribution is -2.50. The van der Waals surface area contributed by atoms with Gasteiger partial charge in [0.15, 0.2) is 0 Å². The third-order valence-corrected chi connectivity index (χ3v) is 6.44. The molecule has 0 aromatic rings. The summed E-state index contributed by atoms with van der Waals surface area (Å²) in [6.07, 6.45) is 10.1. The molecular weight excluding hydrogens is 562 g/mol. The second-order valence-corrected chi connectivity index (χ2v) is 10.3. The zero-order valence-electron chi connectivity index (χ0n) is 25.1.